The summed E-state index contributed by atoms with van der Waals surface area (Å²) in [6, 6.07) is 6.55. The molecule has 0 fully saturated rings. The van der Waals surface area contributed by atoms with Crippen LogP contribution < -0.4 is 10.5 Å². The first-order valence-electron chi connectivity index (χ1n) is 4.75. The number of hydrogen-bond donors (Lipinski definition) is 1. The Morgan fingerprint density at radius 1 is 1.56 bits per heavy atom. The van der Waals surface area contributed by atoms with Gasteiger partial charge in [-0.1, -0.05) is 0 Å². The summed E-state index contributed by atoms with van der Waals surface area (Å²) in [4.78, 5) is 11.0. The van der Waals surface area contributed by atoms with Crippen LogP contribution in [0.25, 0.3) is 0 Å². The molecule has 0 heterocycles. The van der Waals surface area contributed by atoms with Gasteiger partial charge in [-0.05, 0) is 25.1 Å². The van der Waals surface area contributed by atoms with E-state index in [0.717, 1.165) is 0 Å². The molecule has 5 nitrogen and oxygen atoms in total. The molecule has 0 saturated carbocycles. The average Bonchev–Trinajstić information content (AvgIpc) is 2.27. The van der Waals surface area contributed by atoms with E-state index in [4.69, 9.17) is 20.5 Å². The molecule has 2 N–H and O–H groups in total. The van der Waals surface area contributed by atoms with E-state index in [1.54, 1.807) is 19.1 Å². The molecule has 0 atom stereocenters. The summed E-state index contributed by atoms with van der Waals surface area (Å²) >= 11 is 0. The number of rotatable bonds is 4. The second-order valence-corrected chi connectivity index (χ2v) is 2.96. The van der Waals surface area contributed by atoms with E-state index < -0.39 is 5.97 Å². The second-order valence-electron chi connectivity index (χ2n) is 2.96. The van der Waals surface area contributed by atoms with E-state index in [1.165, 1.54) is 6.07 Å². The van der Waals surface area contributed by atoms with Crippen LogP contribution >= 0.6 is 0 Å². The molecule has 0 bridgehead atoms. The molecule has 0 saturated heterocycles. The van der Waals surface area contributed by atoms with Crippen molar-refractivity contribution in [1.82, 2.24) is 0 Å². The monoisotopic (exact) mass is 220 g/mol. The zero-order valence-corrected chi connectivity index (χ0v) is 8.90. The van der Waals surface area contributed by atoms with Crippen LogP contribution in [0.15, 0.2) is 18.2 Å². The van der Waals surface area contributed by atoms with Crippen LogP contribution in [0.3, 0.4) is 0 Å². The highest BCUT2D eigenvalue weighted by Gasteiger charge is 2.06. The van der Waals surface area contributed by atoms with Gasteiger partial charge < -0.3 is 15.2 Å². The van der Waals surface area contributed by atoms with Crippen molar-refractivity contribution < 1.29 is 14.3 Å². The number of carbonyl (C=O) groups excluding carboxylic acids is 1. The molecule has 0 aliphatic carbocycles. The average molecular weight is 220 g/mol. The molecule has 1 aromatic rings. The van der Waals surface area contributed by atoms with Gasteiger partial charge in [-0.25, -0.2) is 4.79 Å². The van der Waals surface area contributed by atoms with E-state index in [-0.39, 0.29) is 6.61 Å². The van der Waals surface area contributed by atoms with Crippen molar-refractivity contribution in [2.75, 3.05) is 18.9 Å². The summed E-state index contributed by atoms with van der Waals surface area (Å²) < 4.78 is 9.83. The molecular weight excluding hydrogens is 208 g/mol. The first-order chi connectivity index (χ1) is 7.67. The third-order valence-corrected chi connectivity index (χ3v) is 1.79. The molecule has 84 valence electrons. The van der Waals surface area contributed by atoms with Gasteiger partial charge in [0.1, 0.15) is 5.75 Å². The quantitative estimate of drug-likeness (QED) is 0.606. The van der Waals surface area contributed by atoms with E-state index in [0.29, 0.717) is 23.6 Å². The molecule has 0 unspecified atom stereocenters. The fourth-order valence-corrected chi connectivity index (χ4v) is 1.09. The van der Waals surface area contributed by atoms with Gasteiger partial charge in [-0.3, -0.25) is 0 Å². The highest BCUT2D eigenvalue weighted by molar-refractivity contribution is 5.71. The molecule has 5 heteroatoms. The van der Waals surface area contributed by atoms with Gasteiger partial charge in [-0.15, -0.1) is 0 Å². The fourth-order valence-electron chi connectivity index (χ4n) is 1.09. The zero-order chi connectivity index (χ0) is 12.0. The topological polar surface area (TPSA) is 85.3 Å². The second kappa shape index (κ2) is 5.61. The van der Waals surface area contributed by atoms with Crippen LogP contribution in [0.5, 0.6) is 5.75 Å². The van der Waals surface area contributed by atoms with E-state index in [2.05, 4.69) is 0 Å². The van der Waals surface area contributed by atoms with Crippen LogP contribution in [0.4, 0.5) is 5.69 Å². The number of carbonyl (C=O) groups is 1. The number of ether oxygens (including phenoxy) is 2. The minimum atomic E-state index is -0.453. The molecular formula is C11H12N2O3. The van der Waals surface area contributed by atoms with Gasteiger partial charge in [0.15, 0.2) is 6.61 Å². The van der Waals surface area contributed by atoms with E-state index in [9.17, 15) is 4.79 Å². The lowest BCUT2D eigenvalue weighted by atomic mass is 10.2. The molecule has 16 heavy (non-hydrogen) atoms. The molecule has 0 aromatic heterocycles. The summed E-state index contributed by atoms with van der Waals surface area (Å²) in [5, 5.41) is 8.62. The summed E-state index contributed by atoms with van der Waals surface area (Å²) in [6.07, 6.45) is 0. The number of benzene rings is 1. The minimum Gasteiger partial charge on any atom is -0.480 e. The largest absolute Gasteiger partial charge is 0.480 e. The van der Waals surface area contributed by atoms with Crippen molar-refractivity contribution in [2.24, 2.45) is 0 Å². The van der Waals surface area contributed by atoms with Crippen molar-refractivity contribution in [2.45, 2.75) is 6.92 Å². The highest BCUT2D eigenvalue weighted by Crippen LogP contribution is 2.21. The number of anilines is 1. The van der Waals surface area contributed by atoms with Crippen molar-refractivity contribution in [3.05, 3.63) is 23.8 Å². The number of nitriles is 1. The Morgan fingerprint density at radius 2 is 2.31 bits per heavy atom. The Hall–Kier alpha value is -2.22. The minimum absolute atomic E-state index is 0.191. The Balaban J connectivity index is 2.62. The Morgan fingerprint density at radius 3 is 2.88 bits per heavy atom. The molecule has 0 aliphatic rings. The van der Waals surface area contributed by atoms with E-state index >= 15 is 0 Å². The van der Waals surface area contributed by atoms with Crippen molar-refractivity contribution >= 4 is 11.7 Å². The van der Waals surface area contributed by atoms with Crippen LogP contribution in [0, 0.1) is 11.3 Å². The number of nitrogens with two attached hydrogens (primary N) is 1. The third-order valence-electron chi connectivity index (χ3n) is 1.79. The van der Waals surface area contributed by atoms with Crippen molar-refractivity contribution in [3.63, 3.8) is 0 Å². The smallest absolute Gasteiger partial charge is 0.344 e. The highest BCUT2D eigenvalue weighted by atomic mass is 16.6. The van der Waals surface area contributed by atoms with Gasteiger partial charge in [0.2, 0.25) is 0 Å². The maximum Gasteiger partial charge on any atom is 0.344 e. The van der Waals surface area contributed by atoms with Crippen molar-refractivity contribution in [3.8, 4) is 11.8 Å². The lowest BCUT2D eigenvalue weighted by molar-refractivity contribution is -0.145. The molecule has 0 radical (unpaired) electrons. The zero-order valence-electron chi connectivity index (χ0n) is 8.90. The third kappa shape index (κ3) is 3.17. The maximum absolute atomic E-state index is 11.0. The first kappa shape index (κ1) is 11.9. The lowest BCUT2D eigenvalue weighted by Crippen LogP contribution is -2.15. The van der Waals surface area contributed by atoms with Crippen molar-refractivity contribution in [1.29, 1.82) is 5.26 Å². The summed E-state index contributed by atoms with van der Waals surface area (Å²) in [6.45, 7) is 1.84. The standard InChI is InChI=1S/C11H12N2O3/c1-2-15-11(14)7-16-10-4-3-8(6-12)5-9(10)13/h3-5H,2,7,13H2,1H3. The molecule has 0 amide bonds. The Bertz CT molecular complexity index is 424. The van der Waals surface area contributed by atoms with Gasteiger partial charge in [0.25, 0.3) is 0 Å². The Labute approximate surface area is 93.4 Å². The SMILES string of the molecule is CCOC(=O)COc1ccc(C#N)cc1N. The van der Waals surface area contributed by atoms with E-state index in [1.807, 2.05) is 6.07 Å². The van der Waals surface area contributed by atoms with Crippen LogP contribution in [0.1, 0.15) is 12.5 Å². The number of nitrogen functional groups attached to an aromatic ring is 1. The predicted octanol–water partition coefficient (Wildman–Crippen LogP) is 1.08. The summed E-state index contributed by atoms with van der Waals surface area (Å²) in [5.41, 5.74) is 6.40. The molecule has 0 spiro atoms. The number of nitrogens with zero attached hydrogens (tertiary/aromatic N) is 1. The maximum atomic E-state index is 11.0. The summed E-state index contributed by atoms with van der Waals surface area (Å²) in [5.74, 6) is -0.0849. The first-order valence-corrected chi connectivity index (χ1v) is 4.75. The fraction of sp³-hybridized carbons (Fsp3) is 0.273. The van der Waals surface area contributed by atoms with Gasteiger partial charge >= 0.3 is 5.97 Å². The van der Waals surface area contributed by atoms with Gasteiger partial charge in [0, 0.05) is 0 Å². The molecule has 1 aromatic carbocycles. The molecule has 1 rings (SSSR count). The van der Waals surface area contributed by atoms with Gasteiger partial charge in [0.05, 0.1) is 23.9 Å². The molecule has 0 aliphatic heterocycles. The lowest BCUT2D eigenvalue weighted by Gasteiger charge is -2.08. The predicted molar refractivity (Wildman–Crippen MR) is 57.7 cm³/mol. The Kier molecular flexibility index (Phi) is 4.16. The van der Waals surface area contributed by atoms with Crippen LogP contribution in [-0.4, -0.2) is 19.2 Å². The normalized spacial score (nSPS) is 9.25. The summed E-state index contributed by atoms with van der Waals surface area (Å²) in [7, 11) is 0. The van der Waals surface area contributed by atoms with Crippen LogP contribution in [0.2, 0.25) is 0 Å². The van der Waals surface area contributed by atoms with Gasteiger partial charge in [-0.2, -0.15) is 5.26 Å². The number of hydrogen-bond acceptors (Lipinski definition) is 5. The van der Waals surface area contributed by atoms with Crippen LogP contribution in [-0.2, 0) is 9.53 Å². The number of esters is 1.